The number of likely N-dealkylation sites (tertiary alicyclic amines) is 1. The van der Waals surface area contributed by atoms with E-state index in [1.807, 2.05) is 27.7 Å². The lowest BCUT2D eigenvalue weighted by atomic mass is 9.73. The molecule has 212 valence electrons. The highest BCUT2D eigenvalue weighted by atomic mass is 32.1. The Balaban J connectivity index is 1.43. The number of anilines is 2. The third-order valence-corrected chi connectivity index (χ3v) is 8.11. The molecule has 1 saturated heterocycles. The zero-order valence-corrected chi connectivity index (χ0v) is 23.8. The van der Waals surface area contributed by atoms with Crippen LogP contribution in [0.5, 0.6) is 6.01 Å². The SMILES string of the molecule is C[C@H](Oc1nccc(/C(N)=N/OC(=O)[C@@]2(C)CCCc3sc(N)c(N)c32)n1)[C@@H]1CCCN1C(=O)OC(C)(C)C. The molecule has 0 spiro atoms. The van der Waals surface area contributed by atoms with Crippen LogP contribution in [0.2, 0.25) is 0 Å². The zero-order valence-electron chi connectivity index (χ0n) is 23.0. The van der Waals surface area contributed by atoms with E-state index in [2.05, 4.69) is 15.1 Å². The van der Waals surface area contributed by atoms with Gasteiger partial charge < -0.3 is 36.4 Å². The lowest BCUT2D eigenvalue weighted by Gasteiger charge is -2.31. The molecule has 0 unspecified atom stereocenters. The molecule has 13 heteroatoms. The van der Waals surface area contributed by atoms with Gasteiger partial charge in [-0.15, -0.1) is 11.3 Å². The molecule has 2 aromatic rings. The van der Waals surface area contributed by atoms with E-state index in [1.165, 1.54) is 23.6 Å². The molecule has 6 N–H and O–H groups in total. The van der Waals surface area contributed by atoms with E-state index in [4.69, 9.17) is 31.5 Å². The molecule has 39 heavy (non-hydrogen) atoms. The van der Waals surface area contributed by atoms with E-state index >= 15 is 0 Å². The predicted molar refractivity (Wildman–Crippen MR) is 148 cm³/mol. The molecule has 12 nitrogen and oxygen atoms in total. The van der Waals surface area contributed by atoms with Crippen molar-refractivity contribution < 1.29 is 23.9 Å². The predicted octanol–water partition coefficient (Wildman–Crippen LogP) is 3.33. The Morgan fingerprint density at radius 2 is 2.03 bits per heavy atom. The fourth-order valence-corrected chi connectivity index (χ4v) is 6.24. The quantitative estimate of drug-likeness (QED) is 0.205. The van der Waals surface area contributed by atoms with Crippen molar-refractivity contribution in [3.05, 3.63) is 28.4 Å². The highest BCUT2D eigenvalue weighted by Crippen LogP contribution is 2.48. The molecule has 0 saturated carbocycles. The summed E-state index contributed by atoms with van der Waals surface area (Å²) in [5.41, 5.74) is 18.1. The lowest BCUT2D eigenvalue weighted by Crippen LogP contribution is -2.46. The van der Waals surface area contributed by atoms with Crippen LogP contribution in [-0.2, 0) is 26.2 Å². The summed E-state index contributed by atoms with van der Waals surface area (Å²) in [5.74, 6) is -0.685. The first kappa shape index (κ1) is 28.4. The van der Waals surface area contributed by atoms with Gasteiger partial charge in [-0.25, -0.2) is 14.6 Å². The number of nitrogens with two attached hydrogens (primary N) is 3. The Kier molecular flexibility index (Phi) is 7.92. The molecule has 4 rings (SSSR count). The number of hydrogen-bond donors (Lipinski definition) is 3. The maximum atomic E-state index is 13.1. The maximum Gasteiger partial charge on any atom is 0.410 e. The number of amides is 1. The Labute approximate surface area is 231 Å². The fraction of sp³-hybridized carbons (Fsp3) is 0.577. The van der Waals surface area contributed by atoms with Crippen molar-refractivity contribution >= 4 is 39.9 Å². The zero-order chi connectivity index (χ0) is 28.5. The molecule has 0 radical (unpaired) electrons. The highest BCUT2D eigenvalue weighted by Gasteiger charge is 2.44. The number of thiophene rings is 1. The number of nitrogens with zero attached hydrogens (tertiary/aromatic N) is 4. The number of carbonyl (C=O) groups is 2. The van der Waals surface area contributed by atoms with Crippen LogP contribution in [0, 0.1) is 0 Å². The molecule has 1 aliphatic heterocycles. The van der Waals surface area contributed by atoms with Gasteiger partial charge in [0.15, 0.2) is 5.84 Å². The summed E-state index contributed by atoms with van der Waals surface area (Å²) >= 11 is 1.40. The van der Waals surface area contributed by atoms with Gasteiger partial charge in [-0.05, 0) is 72.8 Å². The standard InChI is InChI=1S/C26H37N7O5S/c1-14(16-8-7-13-33(16)24(35)37-25(2,3)4)36-23-30-12-10-15(31-23)20(28)32-38-22(34)26(5)11-6-9-17-18(26)19(27)21(29)39-17/h10,12,14,16H,6-9,11,13,27,29H2,1-5H3,(H2,28,32)/t14-,16-,26-/m0/s1. The fourth-order valence-electron chi connectivity index (χ4n) is 5.08. The number of fused-ring (bicyclic) bond motifs is 1. The number of aryl methyl sites for hydroxylation is 1. The largest absolute Gasteiger partial charge is 0.458 e. The van der Waals surface area contributed by atoms with E-state index in [-0.39, 0.29) is 29.7 Å². The van der Waals surface area contributed by atoms with E-state index in [1.54, 1.807) is 11.8 Å². The third kappa shape index (κ3) is 6.02. The van der Waals surface area contributed by atoms with Crippen LogP contribution in [0.1, 0.15) is 76.4 Å². The summed E-state index contributed by atoms with van der Waals surface area (Å²) in [6.07, 6.45) is 4.46. The summed E-state index contributed by atoms with van der Waals surface area (Å²) in [6.45, 7) is 9.72. The monoisotopic (exact) mass is 559 g/mol. The normalized spacial score (nSPS) is 22.2. The van der Waals surface area contributed by atoms with E-state index in [0.29, 0.717) is 29.2 Å². The van der Waals surface area contributed by atoms with E-state index < -0.39 is 23.1 Å². The molecule has 0 aromatic carbocycles. The van der Waals surface area contributed by atoms with Crippen LogP contribution in [0.3, 0.4) is 0 Å². The minimum absolute atomic E-state index is 0.0610. The molecule has 1 aliphatic carbocycles. The average Bonchev–Trinajstić information content (AvgIpc) is 3.47. The highest BCUT2D eigenvalue weighted by molar-refractivity contribution is 7.16. The van der Waals surface area contributed by atoms with Crippen molar-refractivity contribution in [1.29, 1.82) is 0 Å². The molecular formula is C26H37N7O5S. The first-order chi connectivity index (χ1) is 18.3. The molecule has 2 aromatic heterocycles. The van der Waals surface area contributed by atoms with Gasteiger partial charge in [0.2, 0.25) is 0 Å². The number of aromatic nitrogens is 2. The number of rotatable bonds is 6. The van der Waals surface area contributed by atoms with Crippen molar-refractivity contribution in [3.8, 4) is 6.01 Å². The van der Waals surface area contributed by atoms with E-state index in [0.717, 1.165) is 30.6 Å². The summed E-state index contributed by atoms with van der Waals surface area (Å²) in [7, 11) is 0. The molecule has 2 aliphatic rings. The summed E-state index contributed by atoms with van der Waals surface area (Å²) < 4.78 is 11.5. The van der Waals surface area contributed by atoms with Gasteiger partial charge in [0.25, 0.3) is 0 Å². The first-order valence-electron chi connectivity index (χ1n) is 13.0. The van der Waals surface area contributed by atoms with Crippen LogP contribution in [0.25, 0.3) is 0 Å². The van der Waals surface area contributed by atoms with Gasteiger partial charge >= 0.3 is 18.1 Å². The van der Waals surface area contributed by atoms with Crippen LogP contribution in [-0.4, -0.2) is 57.1 Å². The lowest BCUT2D eigenvalue weighted by molar-refractivity contribution is -0.150. The van der Waals surface area contributed by atoms with E-state index in [9.17, 15) is 9.59 Å². The second-order valence-electron chi connectivity index (χ2n) is 11.1. The number of amidine groups is 1. The van der Waals surface area contributed by atoms with Gasteiger partial charge in [-0.3, -0.25) is 0 Å². The van der Waals surface area contributed by atoms with Crippen molar-refractivity contribution in [2.24, 2.45) is 10.9 Å². The minimum Gasteiger partial charge on any atom is -0.458 e. The Bertz CT molecular complexity index is 1270. The van der Waals surface area contributed by atoms with Crippen molar-refractivity contribution in [3.63, 3.8) is 0 Å². The molecule has 3 heterocycles. The molecule has 3 atom stereocenters. The van der Waals surface area contributed by atoms with Gasteiger partial charge in [0.1, 0.15) is 22.4 Å². The smallest absolute Gasteiger partial charge is 0.410 e. The summed E-state index contributed by atoms with van der Waals surface area (Å²) in [5, 5.41) is 4.35. The van der Waals surface area contributed by atoms with Gasteiger partial charge in [0.05, 0.1) is 17.1 Å². The number of hydrogen-bond acceptors (Lipinski definition) is 11. The first-order valence-corrected chi connectivity index (χ1v) is 13.8. The summed E-state index contributed by atoms with van der Waals surface area (Å²) in [4.78, 5) is 42.2. The van der Waals surface area contributed by atoms with Crippen molar-refractivity contribution in [1.82, 2.24) is 14.9 Å². The van der Waals surface area contributed by atoms with Crippen LogP contribution in [0.15, 0.2) is 17.4 Å². The average molecular weight is 560 g/mol. The Morgan fingerprint density at radius 3 is 2.74 bits per heavy atom. The minimum atomic E-state index is -0.980. The second-order valence-corrected chi connectivity index (χ2v) is 12.3. The summed E-state index contributed by atoms with van der Waals surface area (Å²) in [6, 6.07) is 1.40. The molecule has 1 amide bonds. The molecular weight excluding hydrogens is 522 g/mol. The van der Waals surface area contributed by atoms with Crippen LogP contribution < -0.4 is 21.9 Å². The number of oxime groups is 1. The van der Waals surface area contributed by atoms with Gasteiger partial charge in [-0.2, -0.15) is 4.98 Å². The number of carbonyl (C=O) groups excluding carboxylic acids is 2. The topological polar surface area (TPSA) is 181 Å². The van der Waals surface area contributed by atoms with Gasteiger partial charge in [0, 0.05) is 23.2 Å². The van der Waals surface area contributed by atoms with Crippen LogP contribution in [0.4, 0.5) is 15.5 Å². The maximum absolute atomic E-state index is 13.1. The molecule has 0 bridgehead atoms. The third-order valence-electron chi connectivity index (χ3n) is 7.01. The molecule has 1 fully saturated rings. The van der Waals surface area contributed by atoms with Crippen molar-refractivity contribution in [2.75, 3.05) is 18.0 Å². The number of ether oxygens (including phenoxy) is 2. The Morgan fingerprint density at radius 1 is 1.28 bits per heavy atom. The van der Waals surface area contributed by atoms with Gasteiger partial charge in [-0.1, -0.05) is 5.16 Å². The number of nitrogen functional groups attached to an aromatic ring is 2. The Hall–Kier alpha value is -3.61. The van der Waals surface area contributed by atoms with Crippen molar-refractivity contribution in [2.45, 2.75) is 89.9 Å². The second kappa shape index (κ2) is 10.9. The van der Waals surface area contributed by atoms with Crippen LogP contribution >= 0.6 is 11.3 Å².